The Hall–Kier alpha value is -0.820. The number of phenolic OH excluding ortho intramolecular Hbond substituents is 1. The van der Waals surface area contributed by atoms with Crippen molar-refractivity contribution in [2.45, 2.75) is 70.8 Å². The zero-order valence-electron chi connectivity index (χ0n) is 14.7. The van der Waals surface area contributed by atoms with Crippen LogP contribution in [0.5, 0.6) is 11.5 Å². The quantitative estimate of drug-likeness (QED) is 0.362. The molecule has 5 heteroatoms. The van der Waals surface area contributed by atoms with E-state index in [9.17, 15) is 15.0 Å². The maximum atomic E-state index is 12.2. The Balaban J connectivity index is 2.39. The first-order chi connectivity index (χ1) is 11.5. The van der Waals surface area contributed by atoms with Crippen LogP contribution in [0.25, 0.3) is 0 Å². The number of halogens is 1. The van der Waals surface area contributed by atoms with Gasteiger partial charge in [-0.2, -0.15) is 0 Å². The normalized spacial score (nSPS) is 12.2. The number of carbonyl (C=O) groups excluding carboxylic acids is 1. The number of ether oxygens (including phenoxy) is 1. The Morgan fingerprint density at radius 1 is 1.17 bits per heavy atom. The second-order valence-corrected chi connectivity index (χ2v) is 7.35. The molecule has 0 aliphatic heterocycles. The summed E-state index contributed by atoms with van der Waals surface area (Å²) in [6.07, 6.45) is 7.95. The molecule has 0 heterocycles. The highest BCUT2D eigenvalue weighted by molar-refractivity contribution is 14.1. The van der Waals surface area contributed by atoms with Gasteiger partial charge in [-0.1, -0.05) is 51.9 Å². The van der Waals surface area contributed by atoms with E-state index in [0.29, 0.717) is 12.2 Å². The molecule has 1 aromatic rings. The fourth-order valence-corrected chi connectivity index (χ4v) is 3.29. The fourth-order valence-electron chi connectivity index (χ4n) is 2.65. The zero-order chi connectivity index (χ0) is 17.9. The fraction of sp³-hybridized carbons (Fsp3) is 0.632. The molecule has 0 amide bonds. The number of ketones is 1. The molecule has 0 spiro atoms. The molecule has 24 heavy (non-hydrogen) atoms. The number of hydrogen-bond acceptors (Lipinski definition) is 4. The van der Waals surface area contributed by atoms with Crippen LogP contribution in [0.15, 0.2) is 12.1 Å². The van der Waals surface area contributed by atoms with Crippen LogP contribution in [0.2, 0.25) is 0 Å². The summed E-state index contributed by atoms with van der Waals surface area (Å²) in [5.74, 6) is 0.230. The second kappa shape index (κ2) is 11.7. The first-order valence-electron chi connectivity index (χ1n) is 8.75. The number of unbranched alkanes of at least 4 members (excludes halogenated alkanes) is 6. The van der Waals surface area contributed by atoms with E-state index in [4.69, 9.17) is 4.74 Å². The first-order valence-corrected chi connectivity index (χ1v) is 9.83. The SMILES string of the molecule is CCCCCCCCCC(O)C(=O)Cc1cc(OC)c(O)cc1I. The number of carbonyl (C=O) groups is 1. The Morgan fingerprint density at radius 3 is 2.42 bits per heavy atom. The first kappa shape index (κ1) is 21.2. The average Bonchev–Trinajstić information content (AvgIpc) is 2.56. The summed E-state index contributed by atoms with van der Waals surface area (Å²) in [5.41, 5.74) is 0.772. The summed E-state index contributed by atoms with van der Waals surface area (Å²) in [6, 6.07) is 3.24. The summed E-state index contributed by atoms with van der Waals surface area (Å²) in [5, 5.41) is 19.8. The molecule has 0 saturated carbocycles. The maximum absolute atomic E-state index is 12.2. The van der Waals surface area contributed by atoms with Crippen molar-refractivity contribution in [1.82, 2.24) is 0 Å². The molecule has 136 valence electrons. The van der Waals surface area contributed by atoms with Gasteiger partial charge >= 0.3 is 0 Å². The van der Waals surface area contributed by atoms with E-state index < -0.39 is 6.10 Å². The monoisotopic (exact) mass is 448 g/mol. The molecule has 1 unspecified atom stereocenters. The van der Waals surface area contributed by atoms with Crippen molar-refractivity contribution in [3.63, 3.8) is 0 Å². The lowest BCUT2D eigenvalue weighted by atomic mass is 10.00. The van der Waals surface area contributed by atoms with E-state index in [2.05, 4.69) is 29.5 Å². The number of rotatable bonds is 12. The molecule has 0 aliphatic rings. The van der Waals surface area contributed by atoms with Crippen LogP contribution < -0.4 is 4.74 Å². The number of aliphatic hydroxyl groups is 1. The highest BCUT2D eigenvalue weighted by atomic mass is 127. The van der Waals surface area contributed by atoms with Gasteiger partial charge in [0.2, 0.25) is 0 Å². The van der Waals surface area contributed by atoms with Crippen LogP contribution in [-0.2, 0) is 11.2 Å². The van der Waals surface area contributed by atoms with Gasteiger partial charge in [-0.3, -0.25) is 4.79 Å². The molecule has 0 bridgehead atoms. The number of aliphatic hydroxyl groups excluding tert-OH is 1. The lowest BCUT2D eigenvalue weighted by Gasteiger charge is -2.12. The minimum atomic E-state index is -0.906. The molecule has 1 rings (SSSR count). The number of phenols is 1. The van der Waals surface area contributed by atoms with Gasteiger partial charge in [0, 0.05) is 9.99 Å². The highest BCUT2D eigenvalue weighted by Gasteiger charge is 2.18. The highest BCUT2D eigenvalue weighted by Crippen LogP contribution is 2.30. The van der Waals surface area contributed by atoms with E-state index in [1.165, 1.54) is 39.2 Å². The van der Waals surface area contributed by atoms with E-state index >= 15 is 0 Å². The van der Waals surface area contributed by atoms with Crippen molar-refractivity contribution in [2.75, 3.05) is 7.11 Å². The topological polar surface area (TPSA) is 66.8 Å². The van der Waals surface area contributed by atoms with E-state index in [1.54, 1.807) is 12.1 Å². The van der Waals surface area contributed by atoms with E-state index in [-0.39, 0.29) is 18.0 Å². The largest absolute Gasteiger partial charge is 0.504 e. The third-order valence-electron chi connectivity index (χ3n) is 4.17. The number of Topliss-reactive ketones (excluding diaryl/α,β-unsaturated/α-hetero) is 1. The molecule has 0 fully saturated rings. The van der Waals surface area contributed by atoms with Crippen LogP contribution in [0.3, 0.4) is 0 Å². The summed E-state index contributed by atoms with van der Waals surface area (Å²) in [7, 11) is 1.48. The molecule has 0 aliphatic carbocycles. The Bertz CT molecular complexity index is 516. The Kier molecular flexibility index (Phi) is 10.3. The van der Waals surface area contributed by atoms with Gasteiger partial charge in [0.05, 0.1) is 7.11 Å². The molecular weight excluding hydrogens is 419 g/mol. The molecule has 1 atom stereocenters. The summed E-state index contributed by atoms with van der Waals surface area (Å²) >= 11 is 2.08. The standard InChI is InChI=1S/C19H29IO4/c1-3-4-5-6-7-8-9-10-16(21)17(22)11-14-12-19(24-2)18(23)13-15(14)20/h12-13,16,21,23H,3-11H2,1-2H3. The molecule has 4 nitrogen and oxygen atoms in total. The van der Waals surface area contributed by atoms with Crippen LogP contribution in [0.1, 0.15) is 63.9 Å². The smallest absolute Gasteiger partial charge is 0.165 e. The van der Waals surface area contributed by atoms with Crippen molar-refractivity contribution in [1.29, 1.82) is 0 Å². The average molecular weight is 448 g/mol. The van der Waals surface area contributed by atoms with E-state index in [0.717, 1.165) is 22.0 Å². The Morgan fingerprint density at radius 2 is 1.79 bits per heavy atom. The summed E-state index contributed by atoms with van der Waals surface area (Å²) in [4.78, 5) is 12.2. The molecule has 0 aromatic heterocycles. The summed E-state index contributed by atoms with van der Waals surface area (Å²) < 4.78 is 5.87. The number of hydrogen-bond donors (Lipinski definition) is 2. The van der Waals surface area contributed by atoms with Crippen molar-refractivity contribution < 1.29 is 19.7 Å². The van der Waals surface area contributed by atoms with Gasteiger partial charge in [0.1, 0.15) is 6.10 Å². The van der Waals surface area contributed by atoms with Crippen molar-refractivity contribution >= 4 is 28.4 Å². The van der Waals surface area contributed by atoms with Crippen LogP contribution in [0, 0.1) is 3.57 Å². The van der Waals surface area contributed by atoms with Crippen molar-refractivity contribution in [2.24, 2.45) is 0 Å². The number of methoxy groups -OCH3 is 1. The van der Waals surface area contributed by atoms with Crippen LogP contribution in [-0.4, -0.2) is 29.2 Å². The predicted octanol–water partition coefficient (Wildman–Crippen LogP) is 4.62. The molecule has 0 radical (unpaired) electrons. The lowest BCUT2D eigenvalue weighted by Crippen LogP contribution is -2.22. The van der Waals surface area contributed by atoms with Crippen LogP contribution in [0.4, 0.5) is 0 Å². The second-order valence-electron chi connectivity index (χ2n) is 6.18. The van der Waals surface area contributed by atoms with Gasteiger partial charge in [0.15, 0.2) is 17.3 Å². The van der Waals surface area contributed by atoms with Gasteiger partial charge < -0.3 is 14.9 Å². The van der Waals surface area contributed by atoms with Crippen LogP contribution >= 0.6 is 22.6 Å². The van der Waals surface area contributed by atoms with Gasteiger partial charge in [-0.25, -0.2) is 0 Å². The van der Waals surface area contributed by atoms with Crippen molar-refractivity contribution in [3.05, 3.63) is 21.3 Å². The van der Waals surface area contributed by atoms with E-state index in [1.807, 2.05) is 0 Å². The number of benzene rings is 1. The van der Waals surface area contributed by atoms with Gasteiger partial charge in [0.25, 0.3) is 0 Å². The summed E-state index contributed by atoms with van der Waals surface area (Å²) in [6.45, 7) is 2.20. The maximum Gasteiger partial charge on any atom is 0.165 e. The Labute approximate surface area is 158 Å². The molecule has 0 saturated heterocycles. The van der Waals surface area contributed by atoms with Gasteiger partial charge in [-0.15, -0.1) is 0 Å². The molecule has 1 aromatic carbocycles. The minimum Gasteiger partial charge on any atom is -0.504 e. The lowest BCUT2D eigenvalue weighted by molar-refractivity contribution is -0.126. The third-order valence-corrected chi connectivity index (χ3v) is 5.17. The molecular formula is C19H29IO4. The zero-order valence-corrected chi connectivity index (χ0v) is 16.8. The molecule has 2 N–H and O–H groups in total. The minimum absolute atomic E-state index is 0.0571. The predicted molar refractivity (Wildman–Crippen MR) is 105 cm³/mol. The third kappa shape index (κ3) is 7.38. The van der Waals surface area contributed by atoms with Crippen molar-refractivity contribution in [3.8, 4) is 11.5 Å². The number of aromatic hydroxyl groups is 1. The van der Waals surface area contributed by atoms with Gasteiger partial charge in [-0.05, 0) is 46.7 Å².